The molecule has 134 valence electrons. The molecule has 0 spiro atoms. The Morgan fingerprint density at radius 1 is 1.26 bits per heavy atom. The third-order valence-electron chi connectivity index (χ3n) is 5.24. The Balaban J connectivity index is 1.97. The molecule has 0 aromatic rings. The lowest BCUT2D eigenvalue weighted by Gasteiger charge is -2.35. The number of carbonyl (C=O) groups excluding carboxylic acids is 1. The van der Waals surface area contributed by atoms with Gasteiger partial charge in [-0.3, -0.25) is 9.69 Å². The molecule has 1 saturated carbocycles. The van der Waals surface area contributed by atoms with Gasteiger partial charge in [-0.25, -0.2) is 8.42 Å². The average molecular weight is 347 g/mol. The molecular weight excluding hydrogens is 318 g/mol. The number of hydrogen-bond acceptors (Lipinski definition) is 5. The number of carbonyl (C=O) groups is 1. The monoisotopic (exact) mass is 347 g/mol. The van der Waals surface area contributed by atoms with Gasteiger partial charge in [-0.1, -0.05) is 0 Å². The maximum Gasteiger partial charge on any atom is 0.237 e. The van der Waals surface area contributed by atoms with E-state index in [1.807, 2.05) is 0 Å². The van der Waals surface area contributed by atoms with Crippen molar-refractivity contribution in [2.75, 3.05) is 47.1 Å². The zero-order valence-electron chi connectivity index (χ0n) is 14.6. The molecule has 0 bridgehead atoms. The molecule has 8 heteroatoms. The van der Waals surface area contributed by atoms with Gasteiger partial charge in [0.2, 0.25) is 15.9 Å². The minimum atomic E-state index is -3.34. The predicted octanol–water partition coefficient (Wildman–Crippen LogP) is -0.0220. The van der Waals surface area contributed by atoms with E-state index in [1.165, 1.54) is 7.05 Å². The van der Waals surface area contributed by atoms with Crippen LogP contribution in [0.1, 0.15) is 25.7 Å². The summed E-state index contributed by atoms with van der Waals surface area (Å²) < 4.78 is 29.5. The number of methoxy groups -OCH3 is 1. The van der Waals surface area contributed by atoms with E-state index in [2.05, 4.69) is 4.90 Å². The number of hydrogen-bond donors (Lipinski definition) is 0. The number of sulfonamides is 1. The maximum absolute atomic E-state index is 12.4. The molecule has 23 heavy (non-hydrogen) atoms. The highest BCUT2D eigenvalue weighted by molar-refractivity contribution is 7.88. The van der Waals surface area contributed by atoms with Crippen LogP contribution in [-0.4, -0.2) is 93.7 Å². The quantitative estimate of drug-likeness (QED) is 0.675. The van der Waals surface area contributed by atoms with E-state index in [4.69, 9.17) is 4.74 Å². The van der Waals surface area contributed by atoms with Gasteiger partial charge in [-0.05, 0) is 25.7 Å². The normalized spacial score (nSPS) is 29.3. The first kappa shape index (κ1) is 18.6. The third kappa shape index (κ3) is 4.43. The van der Waals surface area contributed by atoms with Crippen molar-refractivity contribution in [1.29, 1.82) is 0 Å². The fraction of sp³-hybridized carbons (Fsp3) is 0.933. The average Bonchev–Trinajstić information content (AvgIpc) is 3.13. The van der Waals surface area contributed by atoms with Crippen LogP contribution in [0.25, 0.3) is 0 Å². The second-order valence-electron chi connectivity index (χ2n) is 6.73. The zero-order valence-corrected chi connectivity index (χ0v) is 15.4. The summed E-state index contributed by atoms with van der Waals surface area (Å²) in [5.41, 5.74) is 0. The fourth-order valence-corrected chi connectivity index (χ4v) is 4.00. The Morgan fingerprint density at radius 2 is 1.96 bits per heavy atom. The van der Waals surface area contributed by atoms with Gasteiger partial charge in [0.1, 0.15) is 0 Å². The zero-order chi connectivity index (χ0) is 17.2. The summed E-state index contributed by atoms with van der Waals surface area (Å²) in [5, 5.41) is 0. The van der Waals surface area contributed by atoms with Gasteiger partial charge in [0.25, 0.3) is 0 Å². The Labute approximate surface area is 139 Å². The molecule has 0 radical (unpaired) electrons. The number of ether oxygens (including phenoxy) is 1. The summed E-state index contributed by atoms with van der Waals surface area (Å²) in [6, 6.07) is 0.513. The first-order chi connectivity index (χ1) is 10.7. The first-order valence-electron chi connectivity index (χ1n) is 8.18. The third-order valence-corrected chi connectivity index (χ3v) is 6.50. The number of nitrogens with zero attached hydrogens (tertiary/aromatic N) is 3. The molecule has 1 heterocycles. The minimum Gasteiger partial charge on any atom is -0.380 e. The maximum atomic E-state index is 12.4. The molecule has 2 aliphatic rings. The molecule has 0 aromatic carbocycles. The van der Waals surface area contributed by atoms with Crippen LogP contribution in [0.5, 0.6) is 0 Å². The summed E-state index contributed by atoms with van der Waals surface area (Å²) in [4.78, 5) is 16.6. The minimum absolute atomic E-state index is 0.0980. The lowest BCUT2D eigenvalue weighted by Crippen LogP contribution is -2.51. The van der Waals surface area contributed by atoms with Gasteiger partial charge in [-0.15, -0.1) is 0 Å². The van der Waals surface area contributed by atoms with Crippen LogP contribution in [0.4, 0.5) is 0 Å². The van der Waals surface area contributed by atoms with Crippen molar-refractivity contribution in [2.24, 2.45) is 0 Å². The lowest BCUT2D eigenvalue weighted by atomic mass is 10.1. The van der Waals surface area contributed by atoms with Crippen molar-refractivity contribution in [2.45, 2.75) is 43.9 Å². The van der Waals surface area contributed by atoms with Crippen molar-refractivity contribution in [1.82, 2.24) is 14.1 Å². The number of rotatable bonds is 6. The van der Waals surface area contributed by atoms with E-state index < -0.39 is 10.0 Å². The largest absolute Gasteiger partial charge is 0.380 e. The van der Waals surface area contributed by atoms with E-state index in [9.17, 15) is 13.2 Å². The summed E-state index contributed by atoms with van der Waals surface area (Å²) in [6.45, 7) is 1.83. The van der Waals surface area contributed by atoms with Gasteiger partial charge in [0, 0.05) is 46.4 Å². The van der Waals surface area contributed by atoms with Crippen LogP contribution in [0, 0.1) is 0 Å². The lowest BCUT2D eigenvalue weighted by molar-refractivity contribution is -0.132. The summed E-state index contributed by atoms with van der Waals surface area (Å²) in [7, 11) is 1.65. The van der Waals surface area contributed by atoms with Crippen LogP contribution >= 0.6 is 0 Å². The van der Waals surface area contributed by atoms with Gasteiger partial charge in [-0.2, -0.15) is 4.31 Å². The highest BCUT2D eigenvalue weighted by Gasteiger charge is 2.39. The molecule has 3 atom stereocenters. The molecular formula is C15H29N3O4S. The molecule has 1 aliphatic carbocycles. The Kier molecular flexibility index (Phi) is 6.05. The van der Waals surface area contributed by atoms with Crippen molar-refractivity contribution < 1.29 is 17.9 Å². The van der Waals surface area contributed by atoms with Crippen LogP contribution < -0.4 is 0 Å². The van der Waals surface area contributed by atoms with Crippen molar-refractivity contribution in [3.05, 3.63) is 0 Å². The molecule has 1 aliphatic heterocycles. The summed E-state index contributed by atoms with van der Waals surface area (Å²) in [6.07, 6.45) is 5.60. The summed E-state index contributed by atoms with van der Waals surface area (Å²) in [5.74, 6) is -0.141. The van der Waals surface area contributed by atoms with E-state index in [0.29, 0.717) is 6.04 Å². The number of amides is 1. The van der Waals surface area contributed by atoms with Crippen molar-refractivity contribution in [3.8, 4) is 0 Å². The van der Waals surface area contributed by atoms with Gasteiger partial charge in [0.15, 0.2) is 0 Å². The Bertz CT molecular complexity index is 525. The summed E-state index contributed by atoms with van der Waals surface area (Å²) >= 11 is 0. The van der Waals surface area contributed by atoms with E-state index in [-0.39, 0.29) is 24.6 Å². The highest BCUT2D eigenvalue weighted by Crippen LogP contribution is 2.30. The van der Waals surface area contributed by atoms with E-state index in [1.54, 1.807) is 19.1 Å². The molecule has 2 fully saturated rings. The second kappa shape index (κ2) is 7.46. The van der Waals surface area contributed by atoms with E-state index >= 15 is 0 Å². The Morgan fingerprint density at radius 3 is 2.52 bits per heavy atom. The number of likely N-dealkylation sites (N-methyl/N-ethyl adjacent to an activating group) is 2. The molecule has 2 rings (SSSR count). The number of likely N-dealkylation sites (tertiary alicyclic amines) is 1. The molecule has 1 amide bonds. The second-order valence-corrected chi connectivity index (χ2v) is 8.82. The van der Waals surface area contributed by atoms with Crippen LogP contribution in [0.3, 0.4) is 0 Å². The van der Waals surface area contributed by atoms with E-state index in [0.717, 1.165) is 49.3 Å². The van der Waals surface area contributed by atoms with Crippen molar-refractivity contribution >= 4 is 15.9 Å². The van der Waals surface area contributed by atoms with Crippen LogP contribution in [-0.2, 0) is 19.6 Å². The molecule has 7 nitrogen and oxygen atoms in total. The SMILES string of the molecule is COC1CCN([C@H]2CCC[C@H]2N(C)C(=O)CN(C)S(C)(=O)=O)C1. The van der Waals surface area contributed by atoms with Gasteiger partial charge < -0.3 is 9.64 Å². The molecule has 0 aromatic heterocycles. The van der Waals surface area contributed by atoms with Gasteiger partial charge >= 0.3 is 0 Å². The smallest absolute Gasteiger partial charge is 0.237 e. The molecule has 0 N–H and O–H groups in total. The first-order valence-corrected chi connectivity index (χ1v) is 10.0. The van der Waals surface area contributed by atoms with Crippen molar-refractivity contribution in [3.63, 3.8) is 0 Å². The van der Waals surface area contributed by atoms with Gasteiger partial charge in [0.05, 0.1) is 18.9 Å². The van der Waals surface area contributed by atoms with Crippen LogP contribution in [0.15, 0.2) is 0 Å². The standard InChI is InChI=1S/C15H29N3O4S/c1-16(23(4,20)21)11-15(19)17(2)13-6-5-7-14(13)18-9-8-12(10-18)22-3/h12-14H,5-11H2,1-4H3/t12?,13-,14+/m1/s1. The molecule has 1 saturated heterocycles. The topological polar surface area (TPSA) is 70.2 Å². The fourth-order valence-electron chi connectivity index (χ4n) is 3.65. The Hall–Kier alpha value is -0.700. The molecule has 1 unspecified atom stereocenters. The predicted molar refractivity (Wildman–Crippen MR) is 88.7 cm³/mol. The highest BCUT2D eigenvalue weighted by atomic mass is 32.2. The van der Waals surface area contributed by atoms with Crippen LogP contribution in [0.2, 0.25) is 0 Å².